The first kappa shape index (κ1) is 24.6. The summed E-state index contributed by atoms with van der Waals surface area (Å²) in [6.07, 6.45) is 1.54. The predicted octanol–water partition coefficient (Wildman–Crippen LogP) is 7.29. The van der Waals surface area contributed by atoms with Gasteiger partial charge in [-0.2, -0.15) is 0 Å². The molecule has 2 aliphatic rings. The number of fused-ring (bicyclic) bond motifs is 2. The van der Waals surface area contributed by atoms with Crippen LogP contribution in [0, 0.1) is 17.8 Å². The molecule has 1 aliphatic carbocycles. The van der Waals surface area contributed by atoms with Crippen LogP contribution in [0.5, 0.6) is 0 Å². The van der Waals surface area contributed by atoms with Crippen LogP contribution in [0.1, 0.15) is 44.7 Å². The Balaban J connectivity index is 1.35. The number of carboxylic acid groups (broad SMARTS) is 1. The largest absolute Gasteiger partial charge is 0.465 e. The highest BCUT2D eigenvalue weighted by Crippen LogP contribution is 2.44. The van der Waals surface area contributed by atoms with E-state index < -0.39 is 6.09 Å². The molecule has 1 saturated heterocycles. The summed E-state index contributed by atoms with van der Waals surface area (Å²) in [7, 11) is 0. The van der Waals surface area contributed by atoms with E-state index in [0.29, 0.717) is 24.3 Å². The Hall–Kier alpha value is -3.11. The second-order valence-corrected chi connectivity index (χ2v) is 11.7. The number of anilines is 1. The van der Waals surface area contributed by atoms with Crippen LogP contribution in [0.4, 0.5) is 10.5 Å². The Bertz CT molecular complexity index is 1170. The van der Waals surface area contributed by atoms with Crippen molar-refractivity contribution in [1.29, 1.82) is 0 Å². The van der Waals surface area contributed by atoms with Crippen molar-refractivity contribution in [2.24, 2.45) is 17.8 Å². The number of hydrogen-bond donors (Lipinski definition) is 1. The Morgan fingerprint density at radius 2 is 1.50 bits per heavy atom. The maximum Gasteiger partial charge on any atom is 0.411 e. The summed E-state index contributed by atoms with van der Waals surface area (Å²) in [4.78, 5) is 16.8. The van der Waals surface area contributed by atoms with E-state index in [9.17, 15) is 9.90 Å². The lowest BCUT2D eigenvalue weighted by Crippen LogP contribution is -2.47. The molecule has 188 valence electrons. The molecule has 3 aromatic rings. The van der Waals surface area contributed by atoms with E-state index in [1.807, 2.05) is 18.2 Å². The molecule has 1 aliphatic heterocycles. The minimum atomic E-state index is -0.861. The lowest BCUT2D eigenvalue weighted by molar-refractivity contribution is 0.105. The number of rotatable bonds is 6. The smallest absolute Gasteiger partial charge is 0.411 e. The molecule has 1 amide bonds. The normalized spacial score (nSPS) is 21.9. The van der Waals surface area contributed by atoms with E-state index in [2.05, 4.69) is 86.3 Å². The lowest BCUT2D eigenvalue weighted by atomic mass is 9.84. The quantitative estimate of drug-likeness (QED) is 0.401. The maximum absolute atomic E-state index is 12.6. The SMILES string of the molecule is CC(C)(C)c1ccc(-c2ccccc2N(CC2C3CCC2CN(Cc2ccccc2)C3)C(=O)O)cc1. The highest BCUT2D eigenvalue weighted by Gasteiger charge is 2.43. The second kappa shape index (κ2) is 10.1. The number of para-hydroxylation sites is 1. The van der Waals surface area contributed by atoms with Crippen LogP contribution in [0.3, 0.4) is 0 Å². The molecule has 5 rings (SSSR count). The van der Waals surface area contributed by atoms with Gasteiger partial charge in [0.1, 0.15) is 0 Å². The summed E-state index contributed by atoms with van der Waals surface area (Å²) < 4.78 is 0. The van der Waals surface area contributed by atoms with Gasteiger partial charge in [0, 0.05) is 31.7 Å². The van der Waals surface area contributed by atoms with Gasteiger partial charge in [0.25, 0.3) is 0 Å². The van der Waals surface area contributed by atoms with Crippen LogP contribution in [0.25, 0.3) is 11.1 Å². The van der Waals surface area contributed by atoms with Gasteiger partial charge < -0.3 is 5.11 Å². The fourth-order valence-corrected chi connectivity index (χ4v) is 6.29. The molecular formula is C32H38N2O2. The molecular weight excluding hydrogens is 444 g/mol. The highest BCUT2D eigenvalue weighted by atomic mass is 16.4. The molecule has 0 radical (unpaired) electrons. The van der Waals surface area contributed by atoms with E-state index in [1.165, 1.54) is 24.0 Å². The molecule has 0 aromatic heterocycles. The highest BCUT2D eigenvalue weighted by molar-refractivity contribution is 5.92. The third-order valence-corrected chi connectivity index (χ3v) is 8.23. The van der Waals surface area contributed by atoms with Crippen molar-refractivity contribution in [2.45, 2.75) is 45.6 Å². The minimum Gasteiger partial charge on any atom is -0.465 e. The van der Waals surface area contributed by atoms with Crippen molar-refractivity contribution in [2.75, 3.05) is 24.5 Å². The fourth-order valence-electron chi connectivity index (χ4n) is 6.29. The second-order valence-electron chi connectivity index (χ2n) is 11.7. The molecule has 1 saturated carbocycles. The van der Waals surface area contributed by atoms with Gasteiger partial charge in [-0.05, 0) is 58.8 Å². The van der Waals surface area contributed by atoms with Gasteiger partial charge in [-0.25, -0.2) is 4.79 Å². The zero-order valence-electron chi connectivity index (χ0n) is 21.7. The van der Waals surface area contributed by atoms with Crippen LogP contribution in [-0.2, 0) is 12.0 Å². The molecule has 2 bridgehead atoms. The van der Waals surface area contributed by atoms with E-state index in [0.717, 1.165) is 36.4 Å². The molecule has 2 unspecified atom stereocenters. The van der Waals surface area contributed by atoms with Gasteiger partial charge in [-0.3, -0.25) is 9.80 Å². The summed E-state index contributed by atoms with van der Waals surface area (Å²) in [6, 6.07) is 27.2. The molecule has 3 aromatic carbocycles. The Kier molecular flexibility index (Phi) is 6.90. The van der Waals surface area contributed by atoms with E-state index in [4.69, 9.17) is 0 Å². The number of nitrogens with zero attached hydrogens (tertiary/aromatic N) is 2. The molecule has 2 fully saturated rings. The zero-order chi connectivity index (χ0) is 25.3. The van der Waals surface area contributed by atoms with E-state index >= 15 is 0 Å². The first-order chi connectivity index (χ1) is 17.3. The number of benzene rings is 3. The zero-order valence-corrected chi connectivity index (χ0v) is 21.7. The van der Waals surface area contributed by atoms with Crippen LogP contribution in [0.2, 0.25) is 0 Å². The third-order valence-electron chi connectivity index (χ3n) is 8.23. The standard InChI is InChI=1S/C32H38N2O2/c1-32(2,3)27-17-15-24(16-18-27)28-11-7-8-12-30(28)34(31(35)36)22-29-25-13-14-26(29)21-33(20-25)19-23-9-5-4-6-10-23/h4-12,15-18,25-26,29H,13-14,19-22H2,1-3H3,(H,35,36). The summed E-state index contributed by atoms with van der Waals surface area (Å²) in [5, 5.41) is 10.3. The molecule has 1 N–H and O–H groups in total. The lowest BCUT2D eigenvalue weighted by Gasteiger charge is -2.40. The molecule has 0 spiro atoms. The van der Waals surface area contributed by atoms with Crippen LogP contribution < -0.4 is 4.90 Å². The number of piperidine rings is 1. The van der Waals surface area contributed by atoms with Crippen molar-refractivity contribution in [3.8, 4) is 11.1 Å². The molecule has 4 nitrogen and oxygen atoms in total. The van der Waals surface area contributed by atoms with Crippen molar-refractivity contribution in [3.63, 3.8) is 0 Å². The maximum atomic E-state index is 12.6. The number of hydrogen-bond acceptors (Lipinski definition) is 2. The van der Waals surface area contributed by atoms with Crippen molar-refractivity contribution in [3.05, 3.63) is 90.0 Å². The first-order valence-corrected chi connectivity index (χ1v) is 13.3. The van der Waals surface area contributed by atoms with Crippen LogP contribution in [-0.4, -0.2) is 35.7 Å². The Morgan fingerprint density at radius 1 is 0.889 bits per heavy atom. The van der Waals surface area contributed by atoms with E-state index in [1.54, 1.807) is 4.90 Å². The average Bonchev–Trinajstić information content (AvgIpc) is 3.09. The first-order valence-electron chi connectivity index (χ1n) is 13.3. The van der Waals surface area contributed by atoms with Crippen molar-refractivity contribution in [1.82, 2.24) is 4.90 Å². The molecule has 1 heterocycles. The van der Waals surface area contributed by atoms with Crippen molar-refractivity contribution < 1.29 is 9.90 Å². The van der Waals surface area contributed by atoms with Gasteiger partial charge in [0.15, 0.2) is 0 Å². The Labute approximate surface area is 215 Å². The summed E-state index contributed by atoms with van der Waals surface area (Å²) in [6.45, 7) is 10.3. The minimum absolute atomic E-state index is 0.0831. The van der Waals surface area contributed by atoms with Crippen LogP contribution in [0.15, 0.2) is 78.9 Å². The van der Waals surface area contributed by atoms with Gasteiger partial charge >= 0.3 is 6.09 Å². The fraction of sp³-hybridized carbons (Fsp3) is 0.406. The van der Waals surface area contributed by atoms with Crippen molar-refractivity contribution >= 4 is 11.8 Å². The predicted molar refractivity (Wildman–Crippen MR) is 147 cm³/mol. The third kappa shape index (κ3) is 5.19. The van der Waals surface area contributed by atoms with E-state index in [-0.39, 0.29) is 5.41 Å². The monoisotopic (exact) mass is 482 g/mol. The van der Waals surface area contributed by atoms with Gasteiger partial charge in [0.05, 0.1) is 5.69 Å². The molecule has 4 heteroatoms. The average molecular weight is 483 g/mol. The van der Waals surface area contributed by atoms with Gasteiger partial charge in [0.2, 0.25) is 0 Å². The molecule has 2 atom stereocenters. The number of amides is 1. The van der Waals surface area contributed by atoms with Gasteiger partial charge in [-0.15, -0.1) is 0 Å². The summed E-state index contributed by atoms with van der Waals surface area (Å²) in [5.74, 6) is 1.50. The number of carbonyl (C=O) groups is 1. The topological polar surface area (TPSA) is 43.8 Å². The Morgan fingerprint density at radius 3 is 2.11 bits per heavy atom. The van der Waals surface area contributed by atoms with Crippen LogP contribution >= 0.6 is 0 Å². The summed E-state index contributed by atoms with van der Waals surface area (Å²) in [5.41, 5.74) is 5.55. The summed E-state index contributed by atoms with van der Waals surface area (Å²) >= 11 is 0. The molecule has 36 heavy (non-hydrogen) atoms. The number of likely N-dealkylation sites (tertiary alicyclic amines) is 1. The van der Waals surface area contributed by atoms with Gasteiger partial charge in [-0.1, -0.05) is 93.6 Å².